The van der Waals surface area contributed by atoms with Crippen LogP contribution in [-0.2, 0) is 19.6 Å². The molecule has 8 nitrogen and oxygen atoms in total. The van der Waals surface area contributed by atoms with E-state index in [1.807, 2.05) is 48.2 Å². The summed E-state index contributed by atoms with van der Waals surface area (Å²) in [5, 5.41) is 2.96. The van der Waals surface area contributed by atoms with Gasteiger partial charge in [0.05, 0.1) is 24.7 Å². The molecule has 0 saturated carbocycles. The van der Waals surface area contributed by atoms with Crippen LogP contribution in [0.15, 0.2) is 53.4 Å². The summed E-state index contributed by atoms with van der Waals surface area (Å²) in [6.07, 6.45) is 0.687. The molecule has 2 aliphatic heterocycles. The number of aryl methyl sites for hydroxylation is 1. The summed E-state index contributed by atoms with van der Waals surface area (Å²) in [6, 6.07) is 14.8. The first-order chi connectivity index (χ1) is 15.9. The third kappa shape index (κ3) is 6.11. The molecule has 0 aliphatic carbocycles. The number of carbonyl (C=O) groups is 1. The van der Waals surface area contributed by atoms with Gasteiger partial charge in [-0.25, -0.2) is 8.42 Å². The molecule has 0 unspecified atom stereocenters. The number of hydrogen-bond donors (Lipinski definition) is 1. The van der Waals surface area contributed by atoms with E-state index in [2.05, 4.69) is 10.2 Å². The lowest BCUT2D eigenvalue weighted by atomic mass is 10.2. The lowest BCUT2D eigenvalue weighted by Crippen LogP contribution is -2.38. The van der Waals surface area contributed by atoms with Gasteiger partial charge in [-0.1, -0.05) is 17.7 Å². The Morgan fingerprint density at radius 3 is 2.30 bits per heavy atom. The maximum atomic E-state index is 13.0. The van der Waals surface area contributed by atoms with E-state index in [-0.39, 0.29) is 12.5 Å². The van der Waals surface area contributed by atoms with Crippen LogP contribution in [0.1, 0.15) is 12.0 Å². The highest BCUT2D eigenvalue weighted by Crippen LogP contribution is 2.20. The number of carbonyl (C=O) groups excluding carboxylic acids is 1. The number of rotatable bonds is 6. The van der Waals surface area contributed by atoms with Crippen molar-refractivity contribution < 1.29 is 17.9 Å². The molecular formula is C24H32N4O4S. The molecule has 0 atom stereocenters. The maximum Gasteiger partial charge on any atom is 0.243 e. The molecule has 9 heteroatoms. The minimum absolute atomic E-state index is 0.0936. The Balaban J connectivity index is 1.29. The molecule has 4 rings (SSSR count). The molecule has 2 saturated heterocycles. The van der Waals surface area contributed by atoms with E-state index >= 15 is 0 Å². The Morgan fingerprint density at radius 1 is 0.909 bits per heavy atom. The summed E-state index contributed by atoms with van der Waals surface area (Å²) >= 11 is 0. The highest BCUT2D eigenvalue weighted by atomic mass is 32.2. The number of nitrogens with zero attached hydrogens (tertiary/aromatic N) is 3. The molecule has 2 fully saturated rings. The smallest absolute Gasteiger partial charge is 0.243 e. The fraction of sp³-hybridized carbons (Fsp3) is 0.458. The molecule has 0 radical (unpaired) electrons. The van der Waals surface area contributed by atoms with Crippen LogP contribution in [0, 0.1) is 6.92 Å². The zero-order chi connectivity index (χ0) is 23.3. The maximum absolute atomic E-state index is 13.0. The Kier molecular flexibility index (Phi) is 7.64. The number of morpholine rings is 1. The third-order valence-electron chi connectivity index (χ3n) is 6.10. The molecule has 0 aromatic heterocycles. The number of sulfonamides is 1. The topological polar surface area (TPSA) is 82.2 Å². The molecular weight excluding hydrogens is 440 g/mol. The van der Waals surface area contributed by atoms with Gasteiger partial charge >= 0.3 is 0 Å². The van der Waals surface area contributed by atoms with Gasteiger partial charge in [0.2, 0.25) is 15.9 Å². The summed E-state index contributed by atoms with van der Waals surface area (Å²) in [6.45, 7) is 7.42. The SMILES string of the molecule is Cc1ccc(S(=O)(=O)N2CCCN(CC(=O)Nc3ccc(N4CCOCC4)cc3)CC2)cc1. The van der Waals surface area contributed by atoms with Gasteiger partial charge in [-0.05, 0) is 56.3 Å². The summed E-state index contributed by atoms with van der Waals surface area (Å²) in [4.78, 5) is 17.2. The van der Waals surface area contributed by atoms with Gasteiger partial charge < -0.3 is 15.0 Å². The molecule has 1 amide bonds. The zero-order valence-electron chi connectivity index (χ0n) is 19.1. The monoisotopic (exact) mass is 472 g/mol. The molecule has 0 spiro atoms. The van der Waals surface area contributed by atoms with Crippen LogP contribution in [0.2, 0.25) is 0 Å². The lowest BCUT2D eigenvalue weighted by Gasteiger charge is -2.29. The predicted octanol–water partition coefficient (Wildman–Crippen LogP) is 2.17. The molecule has 2 aromatic carbocycles. The Morgan fingerprint density at radius 2 is 1.61 bits per heavy atom. The number of ether oxygens (including phenoxy) is 1. The Hall–Kier alpha value is -2.46. The van der Waals surface area contributed by atoms with E-state index < -0.39 is 10.0 Å². The Labute approximate surface area is 196 Å². The Bertz CT molecular complexity index is 1040. The fourth-order valence-corrected chi connectivity index (χ4v) is 5.66. The first-order valence-electron chi connectivity index (χ1n) is 11.4. The van der Waals surface area contributed by atoms with Crippen molar-refractivity contribution in [3.05, 3.63) is 54.1 Å². The molecule has 0 bridgehead atoms. The van der Waals surface area contributed by atoms with Gasteiger partial charge in [0.25, 0.3) is 0 Å². The van der Waals surface area contributed by atoms with Crippen molar-refractivity contribution in [2.45, 2.75) is 18.2 Å². The van der Waals surface area contributed by atoms with Gasteiger partial charge in [-0.15, -0.1) is 0 Å². The average molecular weight is 473 g/mol. The summed E-state index contributed by atoms with van der Waals surface area (Å²) in [7, 11) is -3.52. The number of amides is 1. The van der Waals surface area contributed by atoms with Crippen molar-refractivity contribution in [3.8, 4) is 0 Å². The van der Waals surface area contributed by atoms with E-state index in [0.717, 1.165) is 43.2 Å². The third-order valence-corrected chi connectivity index (χ3v) is 8.01. The van der Waals surface area contributed by atoms with Crippen molar-refractivity contribution in [3.63, 3.8) is 0 Å². The highest BCUT2D eigenvalue weighted by molar-refractivity contribution is 7.89. The largest absolute Gasteiger partial charge is 0.378 e. The number of nitrogens with one attached hydrogen (secondary N) is 1. The zero-order valence-corrected chi connectivity index (χ0v) is 19.9. The molecule has 2 aromatic rings. The number of hydrogen-bond acceptors (Lipinski definition) is 6. The van der Waals surface area contributed by atoms with Crippen molar-refractivity contribution in [1.29, 1.82) is 0 Å². The summed E-state index contributed by atoms with van der Waals surface area (Å²) in [5.74, 6) is -0.0936. The summed E-state index contributed by atoms with van der Waals surface area (Å²) < 4.78 is 32.9. The highest BCUT2D eigenvalue weighted by Gasteiger charge is 2.27. The second-order valence-electron chi connectivity index (χ2n) is 8.54. The molecule has 33 heavy (non-hydrogen) atoms. The van der Waals surface area contributed by atoms with Gasteiger partial charge in [0, 0.05) is 44.1 Å². The van der Waals surface area contributed by atoms with Crippen molar-refractivity contribution >= 4 is 27.3 Å². The van der Waals surface area contributed by atoms with Crippen molar-refractivity contribution in [2.75, 3.05) is 69.2 Å². The van der Waals surface area contributed by atoms with Gasteiger partial charge in [0.15, 0.2) is 0 Å². The summed E-state index contributed by atoms with van der Waals surface area (Å²) in [5.41, 5.74) is 2.91. The van der Waals surface area contributed by atoms with Crippen molar-refractivity contribution in [1.82, 2.24) is 9.21 Å². The van der Waals surface area contributed by atoms with Crippen LogP contribution < -0.4 is 10.2 Å². The van der Waals surface area contributed by atoms with Crippen LogP contribution in [0.4, 0.5) is 11.4 Å². The van der Waals surface area contributed by atoms with Crippen LogP contribution in [-0.4, -0.2) is 82.6 Å². The normalized spacial score (nSPS) is 18.6. The minimum Gasteiger partial charge on any atom is -0.378 e. The van der Waals surface area contributed by atoms with Gasteiger partial charge in [0.1, 0.15) is 0 Å². The molecule has 178 valence electrons. The van der Waals surface area contributed by atoms with Crippen LogP contribution >= 0.6 is 0 Å². The van der Waals surface area contributed by atoms with Gasteiger partial charge in [-0.2, -0.15) is 4.31 Å². The quantitative estimate of drug-likeness (QED) is 0.694. The second kappa shape index (κ2) is 10.6. The first-order valence-corrected chi connectivity index (χ1v) is 12.9. The second-order valence-corrected chi connectivity index (χ2v) is 10.5. The van der Waals surface area contributed by atoms with Crippen LogP contribution in [0.3, 0.4) is 0 Å². The van der Waals surface area contributed by atoms with E-state index in [1.165, 1.54) is 4.31 Å². The van der Waals surface area contributed by atoms with Crippen LogP contribution in [0.25, 0.3) is 0 Å². The predicted molar refractivity (Wildman–Crippen MR) is 129 cm³/mol. The molecule has 2 aliphatic rings. The molecule has 2 heterocycles. The molecule has 1 N–H and O–H groups in total. The van der Waals surface area contributed by atoms with Crippen LogP contribution in [0.5, 0.6) is 0 Å². The van der Waals surface area contributed by atoms with E-state index in [1.54, 1.807) is 12.1 Å². The number of benzene rings is 2. The first kappa shape index (κ1) is 23.7. The van der Waals surface area contributed by atoms with Gasteiger partial charge in [-0.3, -0.25) is 9.69 Å². The van der Waals surface area contributed by atoms with E-state index in [4.69, 9.17) is 4.74 Å². The number of anilines is 2. The minimum atomic E-state index is -3.52. The average Bonchev–Trinajstić information content (AvgIpc) is 3.06. The fourth-order valence-electron chi connectivity index (χ4n) is 4.19. The standard InChI is InChI=1S/C24H32N4O4S/c1-20-3-9-23(10-4-20)33(30,31)28-12-2-11-26(13-14-28)19-24(29)25-21-5-7-22(8-6-21)27-15-17-32-18-16-27/h3-10H,2,11-19H2,1H3,(H,25,29). The van der Waals surface area contributed by atoms with E-state index in [0.29, 0.717) is 37.5 Å². The van der Waals surface area contributed by atoms with Crippen molar-refractivity contribution in [2.24, 2.45) is 0 Å². The lowest BCUT2D eigenvalue weighted by molar-refractivity contribution is -0.117. The van der Waals surface area contributed by atoms with E-state index in [9.17, 15) is 13.2 Å².